The van der Waals surface area contributed by atoms with E-state index in [0.717, 1.165) is 39.4 Å². The van der Waals surface area contributed by atoms with E-state index in [1.807, 2.05) is 19.1 Å². The number of amides is 2. The molecule has 0 saturated carbocycles. The molecule has 3 aromatic rings. The van der Waals surface area contributed by atoms with Gasteiger partial charge in [-0.1, -0.05) is 42.0 Å². The zero-order valence-corrected chi connectivity index (χ0v) is 23.2. The lowest BCUT2D eigenvalue weighted by molar-refractivity contribution is -0.132. The molecule has 1 unspecified atom stereocenters. The van der Waals surface area contributed by atoms with Crippen LogP contribution in [-0.4, -0.2) is 54.7 Å². The number of rotatable bonds is 7. The lowest BCUT2D eigenvalue weighted by atomic mass is 9.85. The molecule has 0 aromatic heterocycles. The third-order valence-electron chi connectivity index (χ3n) is 7.61. The van der Waals surface area contributed by atoms with Gasteiger partial charge >= 0.3 is 5.97 Å². The monoisotopic (exact) mass is 579 g/mol. The SMILES string of the molecule is Cc1ccc(S(=O)(=O)N2CCNC(=O)C2CC(=O)N[C@@H]2CCCc3cc(-c4ccc(C(=O)O)c(F)c4)ccc32)cc1. The van der Waals surface area contributed by atoms with Crippen molar-refractivity contribution >= 4 is 27.8 Å². The largest absolute Gasteiger partial charge is 0.478 e. The number of nitrogens with zero attached hydrogens (tertiary/aromatic N) is 1. The van der Waals surface area contributed by atoms with Crippen molar-refractivity contribution in [1.82, 2.24) is 14.9 Å². The molecule has 2 amide bonds. The smallest absolute Gasteiger partial charge is 0.338 e. The first-order valence-corrected chi connectivity index (χ1v) is 14.8. The van der Waals surface area contributed by atoms with Gasteiger partial charge in [-0.3, -0.25) is 9.59 Å². The third kappa shape index (κ3) is 5.86. The molecule has 1 fully saturated rings. The van der Waals surface area contributed by atoms with E-state index < -0.39 is 45.2 Å². The molecular weight excluding hydrogens is 549 g/mol. The number of hydrogen-bond acceptors (Lipinski definition) is 5. The second kappa shape index (κ2) is 11.4. The molecule has 9 nitrogen and oxygen atoms in total. The van der Waals surface area contributed by atoms with Crippen LogP contribution in [0.3, 0.4) is 0 Å². The van der Waals surface area contributed by atoms with Crippen LogP contribution in [0.1, 0.15) is 52.4 Å². The maximum absolute atomic E-state index is 14.3. The van der Waals surface area contributed by atoms with Crippen LogP contribution in [0.15, 0.2) is 65.6 Å². The van der Waals surface area contributed by atoms with Crippen LogP contribution in [0.4, 0.5) is 4.39 Å². The Labute approximate surface area is 237 Å². The van der Waals surface area contributed by atoms with E-state index in [2.05, 4.69) is 10.6 Å². The van der Waals surface area contributed by atoms with Crippen LogP contribution in [0, 0.1) is 12.7 Å². The van der Waals surface area contributed by atoms with E-state index in [0.29, 0.717) is 12.0 Å². The molecule has 1 aliphatic carbocycles. The standard InChI is InChI=1S/C30H30FN3O6S/c1-18-5-9-22(10-6-18)41(39,40)34-14-13-32-29(36)27(34)17-28(35)33-26-4-2-3-21-15-19(7-11-23(21)26)20-8-12-24(30(37)38)25(31)16-20/h5-12,15-16,26-27H,2-4,13-14,17H2,1H3,(H,32,36)(H,33,35)(H,37,38)/t26-,27?/m1/s1. The van der Waals surface area contributed by atoms with Crippen LogP contribution in [-0.2, 0) is 26.0 Å². The predicted octanol–water partition coefficient (Wildman–Crippen LogP) is 3.57. The molecule has 0 bridgehead atoms. The second-order valence-electron chi connectivity index (χ2n) is 10.4. The Morgan fingerprint density at radius 1 is 1.07 bits per heavy atom. The number of benzene rings is 3. The molecule has 1 aliphatic heterocycles. The molecule has 3 N–H and O–H groups in total. The van der Waals surface area contributed by atoms with Crippen molar-refractivity contribution in [3.8, 4) is 11.1 Å². The fourth-order valence-corrected chi connectivity index (χ4v) is 7.05. The minimum absolute atomic E-state index is 0.0585. The van der Waals surface area contributed by atoms with E-state index in [-0.39, 0.29) is 30.4 Å². The van der Waals surface area contributed by atoms with Gasteiger partial charge in [-0.25, -0.2) is 17.6 Å². The summed E-state index contributed by atoms with van der Waals surface area (Å²) in [4.78, 5) is 37.2. The number of nitrogens with one attached hydrogen (secondary N) is 2. The molecule has 1 heterocycles. The number of carboxylic acids is 1. The maximum Gasteiger partial charge on any atom is 0.338 e. The Hall–Kier alpha value is -4.09. The number of carbonyl (C=O) groups excluding carboxylic acids is 2. The molecule has 5 rings (SSSR count). The number of hydrogen-bond donors (Lipinski definition) is 3. The summed E-state index contributed by atoms with van der Waals surface area (Å²) in [6.45, 7) is 2.06. The van der Waals surface area contributed by atoms with Crippen molar-refractivity contribution in [3.05, 3.63) is 88.7 Å². The number of aromatic carboxylic acids is 1. The van der Waals surface area contributed by atoms with E-state index >= 15 is 0 Å². The summed E-state index contributed by atoms with van der Waals surface area (Å²) in [5.74, 6) is -3.11. The second-order valence-corrected chi connectivity index (χ2v) is 12.3. The highest BCUT2D eigenvalue weighted by atomic mass is 32.2. The molecule has 214 valence electrons. The fourth-order valence-electron chi connectivity index (χ4n) is 5.46. The molecule has 1 saturated heterocycles. The van der Waals surface area contributed by atoms with Crippen LogP contribution in [0.25, 0.3) is 11.1 Å². The molecule has 11 heteroatoms. The van der Waals surface area contributed by atoms with Crippen molar-refractivity contribution in [2.45, 2.75) is 49.6 Å². The van der Waals surface area contributed by atoms with E-state index in [1.165, 1.54) is 24.3 Å². The van der Waals surface area contributed by atoms with Gasteiger partial charge in [0.1, 0.15) is 11.9 Å². The summed E-state index contributed by atoms with van der Waals surface area (Å²) in [7, 11) is -4.00. The van der Waals surface area contributed by atoms with Gasteiger partial charge in [-0.2, -0.15) is 4.31 Å². The number of sulfonamides is 1. The van der Waals surface area contributed by atoms with Gasteiger partial charge in [0.15, 0.2) is 0 Å². The third-order valence-corrected chi connectivity index (χ3v) is 9.54. The quantitative estimate of drug-likeness (QED) is 0.392. The highest BCUT2D eigenvalue weighted by Gasteiger charge is 2.40. The van der Waals surface area contributed by atoms with Gasteiger partial charge in [-0.05, 0) is 72.7 Å². The first-order valence-electron chi connectivity index (χ1n) is 13.4. The van der Waals surface area contributed by atoms with Gasteiger partial charge in [0.05, 0.1) is 22.9 Å². The van der Waals surface area contributed by atoms with E-state index in [1.54, 1.807) is 24.3 Å². The average molecular weight is 580 g/mol. The summed E-state index contributed by atoms with van der Waals surface area (Å²) in [5.41, 5.74) is 3.64. The summed E-state index contributed by atoms with van der Waals surface area (Å²) < 4.78 is 42.1. The number of carboxylic acid groups (broad SMARTS) is 1. The topological polar surface area (TPSA) is 133 Å². The van der Waals surface area contributed by atoms with Crippen molar-refractivity contribution in [3.63, 3.8) is 0 Å². The van der Waals surface area contributed by atoms with Gasteiger partial charge in [0.25, 0.3) is 0 Å². The zero-order chi connectivity index (χ0) is 29.3. The number of aryl methyl sites for hydroxylation is 2. The molecule has 2 aliphatic rings. The summed E-state index contributed by atoms with van der Waals surface area (Å²) in [6.07, 6.45) is 1.88. The Balaban J connectivity index is 1.33. The zero-order valence-electron chi connectivity index (χ0n) is 22.4. The lowest BCUT2D eigenvalue weighted by Gasteiger charge is -2.34. The number of halogens is 1. The Bertz CT molecular complexity index is 1620. The van der Waals surface area contributed by atoms with Crippen molar-refractivity contribution in [1.29, 1.82) is 0 Å². The lowest BCUT2D eigenvalue weighted by Crippen LogP contribution is -2.58. The Kier molecular flexibility index (Phi) is 7.92. The van der Waals surface area contributed by atoms with Gasteiger partial charge in [0.2, 0.25) is 21.8 Å². The van der Waals surface area contributed by atoms with Gasteiger partial charge < -0.3 is 15.7 Å². The van der Waals surface area contributed by atoms with Crippen molar-refractivity contribution in [2.24, 2.45) is 0 Å². The highest BCUT2D eigenvalue weighted by molar-refractivity contribution is 7.89. The highest BCUT2D eigenvalue weighted by Crippen LogP contribution is 2.34. The molecule has 0 spiro atoms. The summed E-state index contributed by atoms with van der Waals surface area (Å²) in [5, 5.41) is 14.7. The fraction of sp³-hybridized carbons (Fsp3) is 0.300. The maximum atomic E-state index is 14.3. The molecule has 3 aromatic carbocycles. The Morgan fingerprint density at radius 3 is 2.49 bits per heavy atom. The van der Waals surface area contributed by atoms with Gasteiger partial charge in [0, 0.05) is 13.1 Å². The molecule has 2 atom stereocenters. The van der Waals surface area contributed by atoms with Crippen LogP contribution >= 0.6 is 0 Å². The number of piperazine rings is 1. The summed E-state index contributed by atoms with van der Waals surface area (Å²) >= 11 is 0. The molecular formula is C30H30FN3O6S. The number of carbonyl (C=O) groups is 3. The predicted molar refractivity (Wildman–Crippen MR) is 149 cm³/mol. The van der Waals surface area contributed by atoms with E-state index in [4.69, 9.17) is 5.11 Å². The average Bonchev–Trinajstić information content (AvgIpc) is 2.94. The van der Waals surface area contributed by atoms with Gasteiger partial charge in [-0.15, -0.1) is 0 Å². The normalized spacial score (nSPS) is 19.2. The van der Waals surface area contributed by atoms with Crippen molar-refractivity contribution < 1.29 is 32.3 Å². The van der Waals surface area contributed by atoms with Crippen LogP contribution in [0.5, 0.6) is 0 Å². The first-order chi connectivity index (χ1) is 19.5. The van der Waals surface area contributed by atoms with Crippen LogP contribution in [0.2, 0.25) is 0 Å². The molecule has 0 radical (unpaired) electrons. The van der Waals surface area contributed by atoms with Crippen LogP contribution < -0.4 is 10.6 Å². The molecule has 41 heavy (non-hydrogen) atoms. The number of fused-ring (bicyclic) bond motifs is 1. The Morgan fingerprint density at radius 2 is 1.78 bits per heavy atom. The van der Waals surface area contributed by atoms with Crippen molar-refractivity contribution in [2.75, 3.05) is 13.1 Å². The minimum atomic E-state index is -4.00. The summed E-state index contributed by atoms with van der Waals surface area (Å²) in [6, 6.07) is 14.4. The first kappa shape index (κ1) is 28.4. The minimum Gasteiger partial charge on any atom is -0.478 e. The van der Waals surface area contributed by atoms with E-state index in [9.17, 15) is 27.2 Å².